The molecule has 8 heteroatoms. The van der Waals surface area contributed by atoms with Crippen LogP contribution in [-0.2, 0) is 58.1 Å². The summed E-state index contributed by atoms with van der Waals surface area (Å²) in [4.78, 5) is 28.2. The SMILES string of the molecule is CC(C)(C)c1ccc(SCc2ccc(C(=O)OCc3ccc(-c4cc[n+](CC[n+]5ccc(-c6ccc(COC(=O)c7ccc(CSc8ccc(C(C)(C)C)cc8)cc7)cc6)cc5)cc4)cc3)cc2)cc1. The lowest BCUT2D eigenvalue weighted by atomic mass is 9.87. The normalized spacial score (nSPS) is 11.6. The first-order valence-electron chi connectivity index (χ1n) is 23.9. The quantitative estimate of drug-likeness (QED) is 0.0515. The largest absolute Gasteiger partial charge is 0.457 e. The third-order valence-electron chi connectivity index (χ3n) is 12.3. The molecule has 6 nitrogen and oxygen atoms in total. The van der Waals surface area contributed by atoms with Crippen LogP contribution in [0.15, 0.2) is 204 Å². The number of aryl methyl sites for hydroxylation is 2. The van der Waals surface area contributed by atoms with Gasteiger partial charge in [-0.2, -0.15) is 9.13 Å². The number of pyridine rings is 2. The Labute approximate surface area is 422 Å². The molecule has 2 heterocycles. The van der Waals surface area contributed by atoms with Crippen LogP contribution in [0.5, 0.6) is 0 Å². The number of esters is 2. The van der Waals surface area contributed by atoms with Crippen molar-refractivity contribution in [2.24, 2.45) is 0 Å². The molecule has 2 aromatic heterocycles. The van der Waals surface area contributed by atoms with Crippen molar-refractivity contribution < 1.29 is 28.2 Å². The van der Waals surface area contributed by atoms with E-state index in [1.807, 2.05) is 72.8 Å². The van der Waals surface area contributed by atoms with Crippen molar-refractivity contribution in [2.45, 2.75) is 100.0 Å². The fourth-order valence-corrected chi connectivity index (χ4v) is 9.50. The molecule has 0 fully saturated rings. The average Bonchev–Trinajstić information content (AvgIpc) is 3.38. The maximum Gasteiger partial charge on any atom is 0.338 e. The molecule has 0 aliphatic rings. The van der Waals surface area contributed by atoms with Gasteiger partial charge in [0.25, 0.3) is 0 Å². The smallest absolute Gasteiger partial charge is 0.338 e. The molecule has 0 aliphatic carbocycles. The Morgan fingerprint density at radius 2 is 0.686 bits per heavy atom. The lowest BCUT2D eigenvalue weighted by Crippen LogP contribution is -2.43. The summed E-state index contributed by atoms with van der Waals surface area (Å²) < 4.78 is 15.7. The van der Waals surface area contributed by atoms with Crippen molar-refractivity contribution in [1.29, 1.82) is 0 Å². The summed E-state index contributed by atoms with van der Waals surface area (Å²) in [5.41, 5.74) is 12.7. The van der Waals surface area contributed by atoms with Crippen molar-refractivity contribution in [3.63, 3.8) is 0 Å². The van der Waals surface area contributed by atoms with Gasteiger partial charge < -0.3 is 9.47 Å². The highest BCUT2D eigenvalue weighted by Crippen LogP contribution is 2.30. The first-order chi connectivity index (χ1) is 33.7. The van der Waals surface area contributed by atoms with Gasteiger partial charge in [0, 0.05) is 45.6 Å². The van der Waals surface area contributed by atoms with E-state index in [4.69, 9.17) is 9.47 Å². The number of nitrogens with zero attached hydrogens (tertiary/aromatic N) is 2. The van der Waals surface area contributed by atoms with Crippen LogP contribution in [0.1, 0.15) is 95.6 Å². The second-order valence-corrected chi connectivity index (χ2v) is 21.8. The zero-order valence-corrected chi connectivity index (χ0v) is 42.7. The Bertz CT molecular complexity index is 2750. The predicted octanol–water partition coefficient (Wildman–Crippen LogP) is 14.2. The number of carbonyl (C=O) groups excluding carboxylic acids is 2. The van der Waals surface area contributed by atoms with Crippen LogP contribution < -0.4 is 9.13 Å². The summed E-state index contributed by atoms with van der Waals surface area (Å²) in [5.74, 6) is 1.02. The standard InChI is InChI=1S/C62H62N2O4S2/c1-61(2,3)55-23-27-57(28-24-55)69-43-47-11-19-53(20-12-47)59(65)67-41-45-7-15-49(16-8-45)51-31-35-63(36-32-51)39-40-64-37-33-52(34-38-64)50-17-9-46(10-18-50)42-68-60(66)54-21-13-48(14-22-54)44-70-58-29-25-56(26-30-58)62(4,5)6/h7-38H,39-44H2,1-6H3/q+2. The van der Waals surface area contributed by atoms with Crippen molar-refractivity contribution >= 4 is 35.5 Å². The van der Waals surface area contributed by atoms with Gasteiger partial charge in [-0.05, 0) is 115 Å². The van der Waals surface area contributed by atoms with E-state index in [1.54, 1.807) is 23.5 Å². The van der Waals surface area contributed by atoms with Gasteiger partial charge in [0.1, 0.15) is 13.2 Å². The third kappa shape index (κ3) is 14.0. The fourth-order valence-electron chi connectivity index (χ4n) is 7.79. The number of hydrogen-bond acceptors (Lipinski definition) is 6. The van der Waals surface area contributed by atoms with E-state index in [0.29, 0.717) is 11.1 Å². The summed E-state index contributed by atoms with van der Waals surface area (Å²) in [6, 6.07) is 57.8. The van der Waals surface area contributed by atoms with Gasteiger partial charge in [0.15, 0.2) is 24.8 Å². The van der Waals surface area contributed by atoms with E-state index in [9.17, 15) is 9.59 Å². The second kappa shape index (κ2) is 22.8. The van der Waals surface area contributed by atoms with Gasteiger partial charge in [0.05, 0.1) is 11.1 Å². The minimum Gasteiger partial charge on any atom is -0.457 e. The molecular weight excluding hydrogens is 901 g/mol. The average molecular weight is 963 g/mol. The molecule has 70 heavy (non-hydrogen) atoms. The van der Waals surface area contributed by atoms with Gasteiger partial charge in [0.2, 0.25) is 13.1 Å². The van der Waals surface area contributed by atoms with E-state index in [2.05, 4.69) is 173 Å². The van der Waals surface area contributed by atoms with E-state index in [-0.39, 0.29) is 36.0 Å². The molecule has 8 rings (SSSR count). The Balaban J connectivity index is 0.732. The first kappa shape index (κ1) is 49.7. The van der Waals surface area contributed by atoms with Crippen LogP contribution in [-0.4, -0.2) is 11.9 Å². The fraction of sp³-hybridized carbons (Fsp3) is 0.226. The molecule has 0 aliphatic heterocycles. The van der Waals surface area contributed by atoms with Gasteiger partial charge in [-0.1, -0.05) is 139 Å². The number of carbonyl (C=O) groups is 2. The Kier molecular flexibility index (Phi) is 16.2. The van der Waals surface area contributed by atoms with Crippen LogP contribution in [0.2, 0.25) is 0 Å². The Morgan fingerprint density at radius 3 is 1.00 bits per heavy atom. The molecule has 0 unspecified atom stereocenters. The number of benzene rings is 6. The molecule has 0 saturated heterocycles. The molecule has 6 aromatic carbocycles. The van der Waals surface area contributed by atoms with Crippen molar-refractivity contribution in [3.05, 3.63) is 239 Å². The molecule has 0 radical (unpaired) electrons. The second-order valence-electron chi connectivity index (χ2n) is 19.7. The topological polar surface area (TPSA) is 60.4 Å². The lowest BCUT2D eigenvalue weighted by molar-refractivity contribution is -0.778. The van der Waals surface area contributed by atoms with Crippen molar-refractivity contribution in [2.75, 3.05) is 0 Å². The number of ether oxygens (including phenoxy) is 2. The Morgan fingerprint density at radius 1 is 0.386 bits per heavy atom. The van der Waals surface area contributed by atoms with Crippen molar-refractivity contribution in [3.8, 4) is 22.3 Å². The van der Waals surface area contributed by atoms with Crippen LogP contribution in [0.3, 0.4) is 0 Å². The maximum atomic E-state index is 12.8. The predicted molar refractivity (Wildman–Crippen MR) is 285 cm³/mol. The molecule has 354 valence electrons. The molecular formula is C62H62N2O4S2+2. The minimum atomic E-state index is -0.326. The molecule has 0 N–H and O–H groups in total. The summed E-state index contributed by atoms with van der Waals surface area (Å²) in [6.45, 7) is 15.4. The van der Waals surface area contributed by atoms with Crippen LogP contribution in [0.4, 0.5) is 0 Å². The highest BCUT2D eigenvalue weighted by Gasteiger charge is 2.16. The molecule has 0 bridgehead atoms. The zero-order chi connectivity index (χ0) is 49.1. The van der Waals surface area contributed by atoms with Crippen LogP contribution in [0, 0.1) is 0 Å². The number of thioether (sulfide) groups is 2. The highest BCUT2D eigenvalue weighted by molar-refractivity contribution is 7.98. The third-order valence-corrected chi connectivity index (χ3v) is 14.5. The molecule has 0 saturated carbocycles. The Hall–Kier alpha value is -6.74. The lowest BCUT2D eigenvalue weighted by Gasteiger charge is -2.19. The number of hydrogen-bond donors (Lipinski definition) is 0. The van der Waals surface area contributed by atoms with Gasteiger partial charge in [-0.3, -0.25) is 0 Å². The first-order valence-corrected chi connectivity index (χ1v) is 25.8. The van der Waals surface area contributed by atoms with Gasteiger partial charge >= 0.3 is 11.9 Å². The van der Waals surface area contributed by atoms with E-state index in [0.717, 1.165) is 69.1 Å². The molecule has 0 amide bonds. The number of rotatable bonds is 17. The van der Waals surface area contributed by atoms with Crippen molar-refractivity contribution in [1.82, 2.24) is 0 Å². The van der Waals surface area contributed by atoms with E-state index < -0.39 is 0 Å². The summed E-state index contributed by atoms with van der Waals surface area (Å²) in [6.07, 6.45) is 8.44. The molecule has 0 atom stereocenters. The van der Waals surface area contributed by atoms with Crippen LogP contribution in [0.25, 0.3) is 22.3 Å². The minimum absolute atomic E-state index is 0.142. The van der Waals surface area contributed by atoms with E-state index in [1.165, 1.54) is 20.9 Å². The monoisotopic (exact) mass is 962 g/mol. The molecule has 8 aromatic rings. The van der Waals surface area contributed by atoms with Crippen LogP contribution >= 0.6 is 23.5 Å². The maximum absolute atomic E-state index is 12.8. The number of aromatic nitrogens is 2. The summed E-state index contributed by atoms with van der Waals surface area (Å²) in [7, 11) is 0. The highest BCUT2D eigenvalue weighted by atomic mass is 32.2. The zero-order valence-electron chi connectivity index (χ0n) is 41.1. The van der Waals surface area contributed by atoms with E-state index >= 15 is 0 Å². The summed E-state index contributed by atoms with van der Waals surface area (Å²) >= 11 is 3.58. The summed E-state index contributed by atoms with van der Waals surface area (Å²) in [5, 5.41) is 0. The van der Waals surface area contributed by atoms with Gasteiger partial charge in [-0.15, -0.1) is 23.5 Å². The molecule has 0 spiro atoms. The van der Waals surface area contributed by atoms with Gasteiger partial charge in [-0.25, -0.2) is 9.59 Å².